The Hall–Kier alpha value is -1.51. The SMILES string of the molecule is COCCOCC(=O)Nc1nnc(C2CCCN2)o1. The normalized spacial score (nSPS) is 18.7. The van der Waals surface area contributed by atoms with Crippen LogP contribution in [0, 0.1) is 0 Å². The van der Waals surface area contributed by atoms with Gasteiger partial charge in [-0.05, 0) is 19.4 Å². The van der Waals surface area contributed by atoms with Gasteiger partial charge in [-0.25, -0.2) is 0 Å². The van der Waals surface area contributed by atoms with Crippen LogP contribution in [0.4, 0.5) is 6.01 Å². The average molecular weight is 270 g/mol. The molecule has 19 heavy (non-hydrogen) atoms. The van der Waals surface area contributed by atoms with E-state index in [-0.39, 0.29) is 24.6 Å². The van der Waals surface area contributed by atoms with E-state index in [9.17, 15) is 4.79 Å². The predicted octanol–water partition coefficient (Wildman–Crippen LogP) is 0.0956. The molecule has 8 nitrogen and oxygen atoms in total. The monoisotopic (exact) mass is 270 g/mol. The van der Waals surface area contributed by atoms with E-state index in [1.807, 2.05) is 0 Å². The molecule has 1 atom stereocenters. The van der Waals surface area contributed by atoms with Crippen LogP contribution in [-0.4, -0.2) is 49.6 Å². The van der Waals surface area contributed by atoms with Crippen molar-refractivity contribution in [2.75, 3.05) is 38.8 Å². The molecule has 1 aromatic rings. The number of ether oxygens (including phenoxy) is 2. The predicted molar refractivity (Wildman–Crippen MR) is 65.6 cm³/mol. The standard InChI is InChI=1S/C11H18N4O4/c1-17-5-6-18-7-9(16)13-11-15-14-10(19-11)8-3-2-4-12-8/h8,12H,2-7H2,1H3,(H,13,15,16). The van der Waals surface area contributed by atoms with Gasteiger partial charge in [0.25, 0.3) is 5.91 Å². The van der Waals surface area contributed by atoms with E-state index < -0.39 is 0 Å². The van der Waals surface area contributed by atoms with Crippen LogP contribution in [0.3, 0.4) is 0 Å². The minimum Gasteiger partial charge on any atom is -0.406 e. The quantitative estimate of drug-likeness (QED) is 0.678. The van der Waals surface area contributed by atoms with E-state index in [4.69, 9.17) is 13.9 Å². The molecule has 1 saturated heterocycles. The van der Waals surface area contributed by atoms with Gasteiger partial charge in [0.15, 0.2) is 0 Å². The molecule has 0 radical (unpaired) electrons. The molecular weight excluding hydrogens is 252 g/mol. The first-order valence-corrected chi connectivity index (χ1v) is 6.23. The lowest BCUT2D eigenvalue weighted by molar-refractivity contribution is -0.121. The third-order valence-electron chi connectivity index (χ3n) is 2.71. The van der Waals surface area contributed by atoms with Crippen LogP contribution < -0.4 is 10.6 Å². The number of rotatable bonds is 7. The first-order chi connectivity index (χ1) is 9.29. The Morgan fingerprint density at radius 2 is 2.42 bits per heavy atom. The summed E-state index contributed by atoms with van der Waals surface area (Å²) in [7, 11) is 1.57. The van der Waals surface area contributed by atoms with Crippen molar-refractivity contribution in [2.24, 2.45) is 0 Å². The van der Waals surface area contributed by atoms with Gasteiger partial charge in [0.1, 0.15) is 6.61 Å². The van der Waals surface area contributed by atoms with Crippen molar-refractivity contribution in [3.05, 3.63) is 5.89 Å². The molecule has 0 spiro atoms. The van der Waals surface area contributed by atoms with Gasteiger partial charge in [0.2, 0.25) is 5.89 Å². The highest BCUT2D eigenvalue weighted by Gasteiger charge is 2.22. The highest BCUT2D eigenvalue weighted by Crippen LogP contribution is 2.22. The fourth-order valence-corrected chi connectivity index (χ4v) is 1.78. The van der Waals surface area contributed by atoms with E-state index in [1.54, 1.807) is 7.11 Å². The Labute approximate surface area is 110 Å². The van der Waals surface area contributed by atoms with Crippen molar-refractivity contribution in [1.82, 2.24) is 15.5 Å². The van der Waals surface area contributed by atoms with Crippen LogP contribution in [0.15, 0.2) is 4.42 Å². The van der Waals surface area contributed by atoms with Crippen molar-refractivity contribution in [3.63, 3.8) is 0 Å². The number of hydrogen-bond donors (Lipinski definition) is 2. The number of carbonyl (C=O) groups excluding carboxylic acids is 1. The van der Waals surface area contributed by atoms with E-state index >= 15 is 0 Å². The summed E-state index contributed by atoms with van der Waals surface area (Å²) in [6.45, 7) is 1.70. The summed E-state index contributed by atoms with van der Waals surface area (Å²) >= 11 is 0. The molecule has 0 aromatic carbocycles. The third kappa shape index (κ3) is 4.27. The lowest BCUT2D eigenvalue weighted by atomic mass is 10.2. The van der Waals surface area contributed by atoms with Crippen LogP contribution in [-0.2, 0) is 14.3 Å². The Balaban J connectivity index is 1.74. The zero-order valence-electron chi connectivity index (χ0n) is 10.8. The van der Waals surface area contributed by atoms with E-state index in [1.165, 1.54) is 0 Å². The summed E-state index contributed by atoms with van der Waals surface area (Å²) in [6, 6.07) is 0.195. The number of carbonyl (C=O) groups is 1. The number of aromatic nitrogens is 2. The van der Waals surface area contributed by atoms with Crippen LogP contribution >= 0.6 is 0 Å². The minimum atomic E-state index is -0.328. The molecule has 2 rings (SSSR count). The van der Waals surface area contributed by atoms with Gasteiger partial charge in [-0.2, -0.15) is 0 Å². The van der Waals surface area contributed by atoms with Gasteiger partial charge in [0.05, 0.1) is 19.3 Å². The Kier molecular flexibility index (Phi) is 5.25. The molecule has 106 valence electrons. The molecule has 0 aliphatic carbocycles. The Morgan fingerprint density at radius 3 is 3.16 bits per heavy atom. The number of anilines is 1. The molecule has 1 aliphatic rings. The van der Waals surface area contributed by atoms with Gasteiger partial charge in [0, 0.05) is 7.11 Å². The second-order valence-electron chi connectivity index (χ2n) is 4.19. The van der Waals surface area contributed by atoms with E-state index in [2.05, 4.69) is 20.8 Å². The molecule has 0 saturated carbocycles. The van der Waals surface area contributed by atoms with Crippen molar-refractivity contribution in [2.45, 2.75) is 18.9 Å². The topological polar surface area (TPSA) is 98.5 Å². The largest absolute Gasteiger partial charge is 0.406 e. The van der Waals surface area contributed by atoms with Crippen LogP contribution in [0.5, 0.6) is 0 Å². The second kappa shape index (κ2) is 7.17. The van der Waals surface area contributed by atoms with Crippen LogP contribution in [0.1, 0.15) is 24.8 Å². The van der Waals surface area contributed by atoms with Gasteiger partial charge in [-0.15, -0.1) is 5.10 Å². The summed E-state index contributed by atoms with van der Waals surface area (Å²) in [6.07, 6.45) is 2.05. The number of methoxy groups -OCH3 is 1. The second-order valence-corrected chi connectivity index (χ2v) is 4.19. The summed E-state index contributed by atoms with van der Waals surface area (Å²) in [5.41, 5.74) is 0. The molecule has 2 N–H and O–H groups in total. The molecule has 8 heteroatoms. The van der Waals surface area contributed by atoms with Crippen molar-refractivity contribution < 1.29 is 18.7 Å². The molecule has 1 fully saturated rings. The highest BCUT2D eigenvalue weighted by atomic mass is 16.5. The van der Waals surface area contributed by atoms with Crippen molar-refractivity contribution in [3.8, 4) is 0 Å². The zero-order valence-corrected chi connectivity index (χ0v) is 10.8. The van der Waals surface area contributed by atoms with E-state index in [0.29, 0.717) is 19.1 Å². The molecule has 2 heterocycles. The first-order valence-electron chi connectivity index (χ1n) is 6.23. The lowest BCUT2D eigenvalue weighted by Crippen LogP contribution is -2.19. The number of nitrogens with zero attached hydrogens (tertiary/aromatic N) is 2. The maximum absolute atomic E-state index is 11.5. The fraction of sp³-hybridized carbons (Fsp3) is 0.727. The van der Waals surface area contributed by atoms with Gasteiger partial charge in [-0.3, -0.25) is 10.1 Å². The molecule has 1 aliphatic heterocycles. The summed E-state index contributed by atoms with van der Waals surface area (Å²) in [4.78, 5) is 11.5. The van der Waals surface area contributed by atoms with E-state index in [0.717, 1.165) is 19.4 Å². The van der Waals surface area contributed by atoms with Crippen LogP contribution in [0.2, 0.25) is 0 Å². The van der Waals surface area contributed by atoms with Crippen molar-refractivity contribution in [1.29, 1.82) is 0 Å². The molecule has 1 unspecified atom stereocenters. The molecule has 0 bridgehead atoms. The maximum Gasteiger partial charge on any atom is 0.322 e. The van der Waals surface area contributed by atoms with Gasteiger partial charge in [-0.1, -0.05) is 5.10 Å². The third-order valence-corrected chi connectivity index (χ3v) is 2.71. The maximum atomic E-state index is 11.5. The van der Waals surface area contributed by atoms with Gasteiger partial charge < -0.3 is 19.2 Å². The Bertz CT molecular complexity index is 403. The molecule has 1 amide bonds. The number of nitrogens with one attached hydrogen (secondary N) is 2. The number of amides is 1. The lowest BCUT2D eigenvalue weighted by Gasteiger charge is -2.03. The smallest absolute Gasteiger partial charge is 0.322 e. The molecular formula is C11H18N4O4. The summed E-state index contributed by atoms with van der Waals surface area (Å²) in [5, 5.41) is 13.4. The fourth-order valence-electron chi connectivity index (χ4n) is 1.78. The minimum absolute atomic E-state index is 0.0667. The van der Waals surface area contributed by atoms with Crippen LogP contribution in [0.25, 0.3) is 0 Å². The first kappa shape index (κ1) is 13.9. The summed E-state index contributed by atoms with van der Waals surface area (Å²) < 4.78 is 15.2. The van der Waals surface area contributed by atoms with Gasteiger partial charge >= 0.3 is 6.01 Å². The molecule has 1 aromatic heterocycles. The summed E-state index contributed by atoms with van der Waals surface area (Å²) in [5.74, 6) is 0.179. The van der Waals surface area contributed by atoms with Crippen molar-refractivity contribution >= 4 is 11.9 Å². The average Bonchev–Trinajstić information content (AvgIpc) is 3.04. The Morgan fingerprint density at radius 1 is 1.53 bits per heavy atom. The zero-order chi connectivity index (χ0) is 13.5. The highest BCUT2D eigenvalue weighted by molar-refractivity contribution is 5.89. The number of hydrogen-bond acceptors (Lipinski definition) is 7.